The first kappa shape index (κ1) is 24.6. The third-order valence-corrected chi connectivity index (χ3v) is 4.00. The molecule has 1 aromatic heterocycles. The van der Waals surface area contributed by atoms with Gasteiger partial charge in [0.15, 0.2) is 0 Å². The fourth-order valence-corrected chi connectivity index (χ4v) is 2.85. The first-order valence-electron chi connectivity index (χ1n) is 9.92. The number of amides is 2. The summed E-state index contributed by atoms with van der Waals surface area (Å²) in [5, 5.41) is 6.75. The second-order valence-electron chi connectivity index (χ2n) is 8.88. The number of esters is 1. The molecule has 2 rings (SSSR count). The number of methoxy groups -OCH3 is 1. The minimum absolute atomic E-state index is 0.0497. The molecular weight excluding hydrogens is 414 g/mol. The van der Waals surface area contributed by atoms with Gasteiger partial charge >= 0.3 is 18.2 Å². The van der Waals surface area contributed by atoms with Crippen molar-refractivity contribution in [2.45, 2.75) is 52.7 Å². The monoisotopic (exact) mass is 443 g/mol. The molecule has 0 radical (unpaired) electrons. The lowest BCUT2D eigenvalue weighted by Crippen LogP contribution is -2.44. The van der Waals surface area contributed by atoms with E-state index in [4.69, 9.17) is 14.2 Å². The van der Waals surface area contributed by atoms with Crippen molar-refractivity contribution in [3.63, 3.8) is 0 Å². The Balaban J connectivity index is 2.78. The second-order valence-corrected chi connectivity index (χ2v) is 8.88. The molecule has 1 aromatic carbocycles. The predicted octanol–water partition coefficient (Wildman–Crippen LogP) is 5.18. The SMILES string of the molecule is C=Cc1c(-c2ccn[nH]2)ccc(N(C(=O)OC(C)(C)C)C(=O)OC(C)(C)C)c1C(=O)OC. The van der Waals surface area contributed by atoms with Crippen molar-refractivity contribution >= 4 is 29.9 Å². The summed E-state index contributed by atoms with van der Waals surface area (Å²) in [5.74, 6) is -0.770. The van der Waals surface area contributed by atoms with Crippen LogP contribution in [0.25, 0.3) is 17.3 Å². The van der Waals surface area contributed by atoms with E-state index in [0.717, 1.165) is 0 Å². The minimum atomic E-state index is -0.999. The highest BCUT2D eigenvalue weighted by Crippen LogP contribution is 2.35. The molecule has 0 saturated carbocycles. The quantitative estimate of drug-likeness (QED) is 0.512. The van der Waals surface area contributed by atoms with Crippen LogP contribution in [0, 0.1) is 0 Å². The first-order chi connectivity index (χ1) is 14.8. The molecule has 2 amide bonds. The van der Waals surface area contributed by atoms with Gasteiger partial charge in [0.05, 0.1) is 24.1 Å². The molecule has 172 valence electrons. The molecule has 9 nitrogen and oxygen atoms in total. The molecule has 32 heavy (non-hydrogen) atoms. The zero-order chi connectivity index (χ0) is 24.3. The van der Waals surface area contributed by atoms with Crippen LogP contribution in [0.2, 0.25) is 0 Å². The average molecular weight is 444 g/mol. The maximum absolute atomic E-state index is 13.1. The standard InChI is InChI=1S/C23H29N3O6/c1-9-14-15(16-12-13-24-25-16)10-11-17(18(14)19(27)30-8)26(20(28)31-22(2,3)4)21(29)32-23(5,6)7/h9-13H,1H2,2-8H3,(H,24,25). The molecule has 9 heteroatoms. The van der Waals surface area contributed by atoms with Crippen LogP contribution in [0.5, 0.6) is 0 Å². The summed E-state index contributed by atoms with van der Waals surface area (Å²) in [4.78, 5) is 39.7. The smallest absolute Gasteiger partial charge is 0.424 e. The second kappa shape index (κ2) is 9.25. The van der Waals surface area contributed by atoms with Gasteiger partial charge in [-0.05, 0) is 59.2 Å². The lowest BCUT2D eigenvalue weighted by atomic mass is 9.96. The Morgan fingerprint density at radius 1 is 1.00 bits per heavy atom. The molecule has 0 atom stereocenters. The number of hydrogen-bond acceptors (Lipinski definition) is 7. The molecule has 1 N–H and O–H groups in total. The van der Waals surface area contributed by atoms with E-state index in [1.807, 2.05) is 0 Å². The van der Waals surface area contributed by atoms with Crippen molar-refractivity contribution in [2.24, 2.45) is 0 Å². The molecular formula is C23H29N3O6. The van der Waals surface area contributed by atoms with Crippen LogP contribution in [0.1, 0.15) is 57.5 Å². The topological polar surface area (TPSA) is 111 Å². The van der Waals surface area contributed by atoms with Gasteiger partial charge in [-0.25, -0.2) is 14.4 Å². The highest BCUT2D eigenvalue weighted by atomic mass is 16.6. The van der Waals surface area contributed by atoms with Crippen LogP contribution >= 0.6 is 0 Å². The third kappa shape index (κ3) is 5.75. The molecule has 1 heterocycles. The number of imide groups is 1. The number of ether oxygens (including phenoxy) is 3. The Kier molecular flexibility index (Phi) is 7.13. The number of H-pyrrole nitrogens is 1. The number of aromatic nitrogens is 2. The molecule has 0 spiro atoms. The van der Waals surface area contributed by atoms with Gasteiger partial charge in [0, 0.05) is 11.8 Å². The number of carbonyl (C=O) groups excluding carboxylic acids is 3. The van der Waals surface area contributed by atoms with Crippen molar-refractivity contribution in [1.82, 2.24) is 10.2 Å². The first-order valence-corrected chi connectivity index (χ1v) is 9.92. The number of carbonyl (C=O) groups is 3. The summed E-state index contributed by atoms with van der Waals surface area (Å²) in [6.45, 7) is 13.8. The van der Waals surface area contributed by atoms with Crippen molar-refractivity contribution in [3.8, 4) is 11.3 Å². The third-order valence-electron chi connectivity index (χ3n) is 4.00. The van der Waals surface area contributed by atoms with Gasteiger partial charge in [0.1, 0.15) is 11.2 Å². The number of benzene rings is 1. The van der Waals surface area contributed by atoms with Crippen LogP contribution < -0.4 is 4.90 Å². The van der Waals surface area contributed by atoms with E-state index >= 15 is 0 Å². The number of rotatable bonds is 4. The van der Waals surface area contributed by atoms with E-state index < -0.39 is 29.4 Å². The van der Waals surface area contributed by atoms with Crippen molar-refractivity contribution in [3.05, 3.63) is 42.1 Å². The van der Waals surface area contributed by atoms with Crippen LogP contribution in [0.4, 0.5) is 15.3 Å². The van der Waals surface area contributed by atoms with E-state index in [2.05, 4.69) is 16.8 Å². The Morgan fingerprint density at radius 3 is 1.97 bits per heavy atom. The number of hydrogen-bond donors (Lipinski definition) is 1. The fourth-order valence-electron chi connectivity index (χ4n) is 2.85. The molecule has 0 saturated heterocycles. The normalized spacial score (nSPS) is 11.5. The van der Waals surface area contributed by atoms with Crippen LogP contribution in [0.3, 0.4) is 0 Å². The van der Waals surface area contributed by atoms with Gasteiger partial charge in [0.25, 0.3) is 0 Å². The molecule has 0 bridgehead atoms. The summed E-state index contributed by atoms with van der Waals surface area (Å²) < 4.78 is 15.8. The van der Waals surface area contributed by atoms with Gasteiger partial charge in [-0.1, -0.05) is 18.7 Å². The fraction of sp³-hybridized carbons (Fsp3) is 0.391. The van der Waals surface area contributed by atoms with Crippen molar-refractivity contribution < 1.29 is 28.6 Å². The molecule has 0 fully saturated rings. The van der Waals surface area contributed by atoms with E-state index in [-0.39, 0.29) is 11.3 Å². The average Bonchev–Trinajstić information content (AvgIpc) is 3.18. The molecule has 0 unspecified atom stereocenters. The molecule has 0 aliphatic heterocycles. The number of nitrogens with zero attached hydrogens (tertiary/aromatic N) is 2. The lowest BCUT2D eigenvalue weighted by molar-refractivity contribution is 0.0430. The van der Waals surface area contributed by atoms with Crippen LogP contribution in [-0.4, -0.2) is 46.7 Å². The zero-order valence-electron chi connectivity index (χ0n) is 19.4. The van der Waals surface area contributed by atoms with Gasteiger partial charge in [-0.3, -0.25) is 5.10 Å². The van der Waals surface area contributed by atoms with Crippen LogP contribution in [-0.2, 0) is 14.2 Å². The molecule has 2 aromatic rings. The van der Waals surface area contributed by atoms with Crippen LogP contribution in [0.15, 0.2) is 31.0 Å². The van der Waals surface area contributed by atoms with E-state index in [1.54, 1.807) is 59.9 Å². The summed E-state index contributed by atoms with van der Waals surface area (Å²) in [6.07, 6.45) is 0.998. The lowest BCUT2D eigenvalue weighted by Gasteiger charge is -2.30. The van der Waals surface area contributed by atoms with Gasteiger partial charge in [-0.2, -0.15) is 10.00 Å². The van der Waals surface area contributed by atoms with E-state index in [9.17, 15) is 14.4 Å². The predicted molar refractivity (Wildman–Crippen MR) is 120 cm³/mol. The Hall–Kier alpha value is -3.62. The summed E-state index contributed by atoms with van der Waals surface area (Å²) in [5.41, 5.74) is -0.381. The van der Waals surface area contributed by atoms with Crippen molar-refractivity contribution in [2.75, 3.05) is 12.0 Å². The largest absolute Gasteiger partial charge is 0.465 e. The highest BCUT2D eigenvalue weighted by molar-refractivity contribution is 6.15. The Bertz CT molecular complexity index is 986. The maximum atomic E-state index is 13.1. The maximum Gasteiger partial charge on any atom is 0.424 e. The summed E-state index contributed by atoms with van der Waals surface area (Å²) >= 11 is 0. The van der Waals surface area contributed by atoms with E-state index in [0.29, 0.717) is 21.7 Å². The van der Waals surface area contributed by atoms with Gasteiger partial charge < -0.3 is 14.2 Å². The van der Waals surface area contributed by atoms with E-state index in [1.165, 1.54) is 19.3 Å². The van der Waals surface area contributed by atoms with Gasteiger partial charge in [-0.15, -0.1) is 0 Å². The number of nitrogens with one attached hydrogen (secondary N) is 1. The number of aromatic amines is 1. The Labute approximate surface area is 187 Å². The highest BCUT2D eigenvalue weighted by Gasteiger charge is 2.36. The Morgan fingerprint density at radius 2 is 1.56 bits per heavy atom. The molecule has 0 aliphatic carbocycles. The summed E-state index contributed by atoms with van der Waals surface area (Å²) in [7, 11) is 1.20. The summed E-state index contributed by atoms with van der Waals surface area (Å²) in [6, 6.07) is 4.79. The zero-order valence-corrected chi connectivity index (χ0v) is 19.4. The molecule has 0 aliphatic rings. The number of anilines is 1. The minimum Gasteiger partial charge on any atom is -0.465 e. The van der Waals surface area contributed by atoms with Gasteiger partial charge in [0.2, 0.25) is 0 Å². The van der Waals surface area contributed by atoms with Crippen molar-refractivity contribution in [1.29, 1.82) is 0 Å².